The fourth-order valence-corrected chi connectivity index (χ4v) is 2.94. The first kappa shape index (κ1) is 20.2. The van der Waals surface area contributed by atoms with E-state index in [4.69, 9.17) is 4.74 Å². The molecule has 26 heavy (non-hydrogen) atoms. The molecule has 2 rings (SSSR count). The largest absolute Gasteiger partial charge is 0.490 e. The van der Waals surface area contributed by atoms with Crippen molar-refractivity contribution in [2.75, 3.05) is 20.2 Å². The van der Waals surface area contributed by atoms with Gasteiger partial charge in [0, 0.05) is 10.0 Å². The number of benzene rings is 2. The summed E-state index contributed by atoms with van der Waals surface area (Å²) in [6.07, 6.45) is 1.72. The first-order chi connectivity index (χ1) is 12.5. The third-order valence-corrected chi connectivity index (χ3v) is 4.54. The Kier molecular flexibility index (Phi) is 7.88. The van der Waals surface area contributed by atoms with Crippen LogP contribution in [-0.4, -0.2) is 26.1 Å². The van der Waals surface area contributed by atoms with Crippen LogP contribution in [-0.2, 0) is 11.3 Å². The van der Waals surface area contributed by atoms with Gasteiger partial charge in [-0.1, -0.05) is 40.7 Å². The van der Waals surface area contributed by atoms with Crippen LogP contribution in [0.4, 0.5) is 0 Å². The van der Waals surface area contributed by atoms with Crippen LogP contribution in [0.2, 0.25) is 0 Å². The summed E-state index contributed by atoms with van der Waals surface area (Å²) >= 11 is 3.42. The Labute approximate surface area is 164 Å². The second kappa shape index (κ2) is 10.1. The highest BCUT2D eigenvalue weighted by Crippen LogP contribution is 2.16. The number of carbonyl (C=O) groups is 1. The molecule has 2 aromatic carbocycles. The zero-order chi connectivity index (χ0) is 18.9. The lowest BCUT2D eigenvalue weighted by Crippen LogP contribution is -3.08. The van der Waals surface area contributed by atoms with Crippen LogP contribution in [0.25, 0.3) is 0 Å². The Morgan fingerprint density at radius 3 is 2.50 bits per heavy atom. The summed E-state index contributed by atoms with van der Waals surface area (Å²) in [5, 5.41) is 3.06. The second-order valence-electron chi connectivity index (χ2n) is 6.40. The molecule has 2 aromatic rings. The molecule has 0 radical (unpaired) electrons. The molecule has 138 valence electrons. The highest BCUT2D eigenvalue weighted by molar-refractivity contribution is 9.10. The number of rotatable bonds is 9. The molecule has 1 unspecified atom stereocenters. The highest BCUT2D eigenvalue weighted by atomic mass is 79.9. The Morgan fingerprint density at radius 1 is 1.23 bits per heavy atom. The van der Waals surface area contributed by atoms with E-state index in [9.17, 15) is 4.79 Å². The molecular formula is C21H26BrN2O2+. The van der Waals surface area contributed by atoms with Gasteiger partial charge in [0.05, 0.1) is 13.1 Å². The average Bonchev–Trinajstić information content (AvgIpc) is 2.61. The monoisotopic (exact) mass is 417 g/mol. The molecular weight excluding hydrogens is 392 g/mol. The van der Waals surface area contributed by atoms with E-state index in [0.717, 1.165) is 27.2 Å². The molecule has 5 heteroatoms. The first-order valence-corrected chi connectivity index (χ1v) is 9.46. The molecule has 1 amide bonds. The van der Waals surface area contributed by atoms with Crippen molar-refractivity contribution in [3.05, 3.63) is 76.8 Å². The highest BCUT2D eigenvalue weighted by Gasteiger charge is 2.14. The topological polar surface area (TPSA) is 42.8 Å². The number of halogens is 1. The minimum atomic E-state index is -0.00954. The van der Waals surface area contributed by atoms with Crippen LogP contribution in [0, 0.1) is 0 Å². The Balaban J connectivity index is 1.80. The summed E-state index contributed by atoms with van der Waals surface area (Å²) in [5.74, 6) is 0.872. The first-order valence-electron chi connectivity index (χ1n) is 8.66. The molecule has 0 saturated heterocycles. The van der Waals surface area contributed by atoms with Crippen molar-refractivity contribution in [3.8, 4) is 5.75 Å². The molecule has 0 saturated carbocycles. The minimum absolute atomic E-state index is 0.00954. The lowest BCUT2D eigenvalue weighted by molar-refractivity contribution is -0.885. The number of carbonyl (C=O) groups excluding carboxylic acids is 1. The van der Waals surface area contributed by atoms with E-state index in [0.29, 0.717) is 13.2 Å². The molecule has 2 N–H and O–H groups in total. The molecule has 0 aliphatic heterocycles. The summed E-state index contributed by atoms with van der Waals surface area (Å²) in [6.45, 7) is 7.34. The predicted octanol–water partition coefficient (Wildman–Crippen LogP) is 2.91. The number of amides is 1. The van der Waals surface area contributed by atoms with Crippen molar-refractivity contribution in [3.63, 3.8) is 0 Å². The maximum atomic E-state index is 12.3. The lowest BCUT2D eigenvalue weighted by atomic mass is 10.1. The summed E-state index contributed by atoms with van der Waals surface area (Å²) in [6, 6.07) is 15.9. The maximum Gasteiger partial charge on any atom is 0.275 e. The third kappa shape index (κ3) is 6.65. The van der Waals surface area contributed by atoms with Crippen molar-refractivity contribution in [2.45, 2.75) is 19.5 Å². The van der Waals surface area contributed by atoms with Crippen LogP contribution in [0.5, 0.6) is 5.75 Å². The van der Waals surface area contributed by atoms with Gasteiger partial charge in [-0.2, -0.15) is 0 Å². The lowest BCUT2D eigenvalue weighted by Gasteiger charge is -2.17. The van der Waals surface area contributed by atoms with Gasteiger partial charge in [0.25, 0.3) is 5.91 Å². The van der Waals surface area contributed by atoms with Gasteiger partial charge in [0.15, 0.2) is 6.54 Å². The van der Waals surface area contributed by atoms with Crippen LogP contribution in [0.15, 0.2) is 65.7 Å². The van der Waals surface area contributed by atoms with Crippen LogP contribution < -0.4 is 15.0 Å². The zero-order valence-electron chi connectivity index (χ0n) is 15.3. The number of hydrogen-bond acceptors (Lipinski definition) is 2. The van der Waals surface area contributed by atoms with Crippen LogP contribution in [0.1, 0.15) is 24.1 Å². The quantitative estimate of drug-likeness (QED) is 0.615. The van der Waals surface area contributed by atoms with Gasteiger partial charge in [-0.05, 0) is 48.9 Å². The third-order valence-electron chi connectivity index (χ3n) is 4.01. The van der Waals surface area contributed by atoms with E-state index >= 15 is 0 Å². The number of likely N-dealkylation sites (N-methyl/N-ethyl adjacent to an activating group) is 1. The summed E-state index contributed by atoms with van der Waals surface area (Å²) in [7, 11) is 2.02. The van der Waals surface area contributed by atoms with Crippen molar-refractivity contribution >= 4 is 21.8 Å². The number of nitrogens with one attached hydrogen (secondary N) is 2. The van der Waals surface area contributed by atoms with Gasteiger partial charge in [0.1, 0.15) is 18.9 Å². The van der Waals surface area contributed by atoms with E-state index in [1.165, 1.54) is 5.56 Å². The predicted molar refractivity (Wildman–Crippen MR) is 108 cm³/mol. The minimum Gasteiger partial charge on any atom is -0.490 e. The van der Waals surface area contributed by atoms with Crippen molar-refractivity contribution in [1.82, 2.24) is 5.32 Å². The molecule has 0 aliphatic rings. The normalized spacial score (nSPS) is 12.9. The molecule has 0 heterocycles. The SMILES string of the molecule is C=CCOc1ccc(C[NH+](C)CC(=O)N[C@@H](C)c2ccc(Br)cc2)cc1. The van der Waals surface area contributed by atoms with E-state index in [2.05, 4.69) is 27.8 Å². The summed E-state index contributed by atoms with van der Waals surface area (Å²) in [5.41, 5.74) is 2.26. The van der Waals surface area contributed by atoms with E-state index in [1.807, 2.05) is 62.5 Å². The van der Waals surface area contributed by atoms with Gasteiger partial charge in [-0.15, -0.1) is 0 Å². The molecule has 0 aromatic heterocycles. The molecule has 0 fully saturated rings. The van der Waals surface area contributed by atoms with E-state index in [1.54, 1.807) is 6.08 Å². The average molecular weight is 418 g/mol. The smallest absolute Gasteiger partial charge is 0.275 e. The van der Waals surface area contributed by atoms with Crippen LogP contribution in [0.3, 0.4) is 0 Å². The van der Waals surface area contributed by atoms with Gasteiger partial charge >= 0.3 is 0 Å². The fraction of sp³-hybridized carbons (Fsp3) is 0.286. The fourth-order valence-electron chi connectivity index (χ4n) is 2.67. The summed E-state index contributed by atoms with van der Waals surface area (Å²) < 4.78 is 6.51. The Hall–Kier alpha value is -2.11. The molecule has 4 nitrogen and oxygen atoms in total. The second-order valence-corrected chi connectivity index (χ2v) is 7.31. The van der Waals surface area contributed by atoms with Crippen molar-refractivity contribution in [1.29, 1.82) is 0 Å². The molecule has 2 atom stereocenters. The van der Waals surface area contributed by atoms with E-state index in [-0.39, 0.29) is 11.9 Å². The molecule has 0 spiro atoms. The molecule has 0 bridgehead atoms. The summed E-state index contributed by atoms with van der Waals surface area (Å²) in [4.78, 5) is 13.4. The van der Waals surface area contributed by atoms with Gasteiger partial charge in [0.2, 0.25) is 0 Å². The number of ether oxygens (including phenoxy) is 1. The number of hydrogen-bond donors (Lipinski definition) is 2. The van der Waals surface area contributed by atoms with E-state index < -0.39 is 0 Å². The maximum absolute atomic E-state index is 12.3. The van der Waals surface area contributed by atoms with Gasteiger partial charge in [-0.3, -0.25) is 4.79 Å². The molecule has 0 aliphatic carbocycles. The van der Waals surface area contributed by atoms with Crippen LogP contribution >= 0.6 is 15.9 Å². The number of quaternary nitrogens is 1. The zero-order valence-corrected chi connectivity index (χ0v) is 16.9. The van der Waals surface area contributed by atoms with Crippen molar-refractivity contribution in [2.24, 2.45) is 0 Å². The standard InChI is InChI=1S/C21H25BrN2O2/c1-4-13-26-20-11-5-17(6-12-20)14-24(3)15-21(25)23-16(2)18-7-9-19(22)10-8-18/h4-12,16H,1,13-15H2,2-3H3,(H,23,25)/p+1/t16-/m0/s1. The Bertz CT molecular complexity index is 714. The van der Waals surface area contributed by atoms with Gasteiger partial charge in [-0.25, -0.2) is 0 Å². The Morgan fingerprint density at radius 2 is 1.88 bits per heavy atom. The van der Waals surface area contributed by atoms with Gasteiger partial charge < -0.3 is 15.0 Å². The van der Waals surface area contributed by atoms with Crippen molar-refractivity contribution < 1.29 is 14.4 Å².